The number of hydrogen-bond acceptors (Lipinski definition) is 3. The molecule has 5 nitrogen and oxygen atoms in total. The van der Waals surface area contributed by atoms with E-state index in [2.05, 4.69) is 26.7 Å². The van der Waals surface area contributed by atoms with Crippen LogP contribution in [0.3, 0.4) is 0 Å². The molecule has 0 spiro atoms. The predicted octanol–water partition coefficient (Wildman–Crippen LogP) is 0.740. The highest BCUT2D eigenvalue weighted by Crippen LogP contribution is 2.17. The molecule has 1 aromatic heterocycles. The van der Waals surface area contributed by atoms with Crippen molar-refractivity contribution in [3.05, 3.63) is 34.2 Å². The van der Waals surface area contributed by atoms with E-state index in [0.717, 1.165) is 43.1 Å². The maximum absolute atomic E-state index is 11.2. The summed E-state index contributed by atoms with van der Waals surface area (Å²) in [6, 6.07) is 6.85. The van der Waals surface area contributed by atoms with Crippen LogP contribution >= 0.6 is 0 Å². The molecule has 0 amide bonds. The highest BCUT2D eigenvalue weighted by molar-refractivity contribution is 5.74. The van der Waals surface area contributed by atoms with Gasteiger partial charge in [-0.25, -0.2) is 4.79 Å². The summed E-state index contributed by atoms with van der Waals surface area (Å²) >= 11 is 0. The molecule has 4 N–H and O–H groups in total. The molecule has 1 aliphatic carbocycles. The monoisotopic (exact) mass is 260 g/mol. The van der Waals surface area contributed by atoms with Crippen LogP contribution in [-0.4, -0.2) is 35.6 Å². The number of benzene rings is 1. The van der Waals surface area contributed by atoms with Crippen molar-refractivity contribution >= 4 is 11.0 Å². The van der Waals surface area contributed by atoms with Gasteiger partial charge in [0.1, 0.15) is 0 Å². The number of H-pyrrole nitrogens is 2. The van der Waals surface area contributed by atoms with Gasteiger partial charge in [-0.3, -0.25) is 0 Å². The van der Waals surface area contributed by atoms with Gasteiger partial charge in [0.2, 0.25) is 0 Å². The van der Waals surface area contributed by atoms with Gasteiger partial charge >= 0.3 is 5.69 Å². The van der Waals surface area contributed by atoms with E-state index in [1.54, 1.807) is 0 Å². The molecule has 1 heterocycles. The molecule has 5 heteroatoms. The summed E-state index contributed by atoms with van der Waals surface area (Å²) in [5, 5.41) is 6.90. The van der Waals surface area contributed by atoms with Crippen LogP contribution in [0, 0.1) is 0 Å². The minimum absolute atomic E-state index is 0.142. The molecule has 0 aliphatic heterocycles. The summed E-state index contributed by atoms with van der Waals surface area (Å²) in [6.07, 6.45) is 3.66. The molecule has 0 radical (unpaired) electrons. The van der Waals surface area contributed by atoms with Crippen LogP contribution < -0.4 is 16.3 Å². The van der Waals surface area contributed by atoms with Crippen molar-refractivity contribution in [2.45, 2.75) is 25.3 Å². The number of aromatic amines is 2. The zero-order chi connectivity index (χ0) is 13.1. The maximum Gasteiger partial charge on any atom is 0.323 e. The lowest BCUT2D eigenvalue weighted by Crippen LogP contribution is -2.29. The molecule has 102 valence electrons. The predicted molar refractivity (Wildman–Crippen MR) is 76.5 cm³/mol. The van der Waals surface area contributed by atoms with Crippen molar-refractivity contribution in [3.8, 4) is 0 Å². The Morgan fingerprint density at radius 1 is 1.11 bits per heavy atom. The Morgan fingerprint density at radius 2 is 1.95 bits per heavy atom. The van der Waals surface area contributed by atoms with Crippen molar-refractivity contribution in [3.63, 3.8) is 0 Å². The smallest absolute Gasteiger partial charge is 0.315 e. The lowest BCUT2D eigenvalue weighted by molar-refractivity contribution is 0.609. The van der Waals surface area contributed by atoms with Crippen molar-refractivity contribution in [1.82, 2.24) is 20.6 Å². The third-order valence-electron chi connectivity index (χ3n) is 3.48. The minimum atomic E-state index is -0.142. The second-order valence-electron chi connectivity index (χ2n) is 5.19. The Hall–Kier alpha value is -1.59. The Bertz CT molecular complexity index is 597. The first-order valence-electron chi connectivity index (χ1n) is 6.96. The molecule has 0 saturated heterocycles. The Balaban J connectivity index is 1.43. The largest absolute Gasteiger partial charge is 0.323 e. The zero-order valence-corrected chi connectivity index (χ0v) is 11.0. The molecule has 1 aromatic carbocycles. The third-order valence-corrected chi connectivity index (χ3v) is 3.48. The van der Waals surface area contributed by atoms with E-state index >= 15 is 0 Å². The quantitative estimate of drug-likeness (QED) is 0.555. The average Bonchev–Trinajstić information content (AvgIpc) is 3.14. The average molecular weight is 260 g/mol. The van der Waals surface area contributed by atoms with E-state index in [-0.39, 0.29) is 5.69 Å². The molecule has 0 bridgehead atoms. The van der Waals surface area contributed by atoms with Crippen LogP contribution in [0.15, 0.2) is 23.0 Å². The Kier molecular flexibility index (Phi) is 3.66. The summed E-state index contributed by atoms with van der Waals surface area (Å²) in [4.78, 5) is 16.7. The SMILES string of the molecule is O=c1[nH]c2ccc(CCNCCNC3CC3)cc2[nH]1. The first-order chi connectivity index (χ1) is 9.31. The third kappa shape index (κ3) is 3.45. The van der Waals surface area contributed by atoms with Gasteiger partial charge in [-0.15, -0.1) is 0 Å². The van der Waals surface area contributed by atoms with Crippen molar-refractivity contribution < 1.29 is 0 Å². The summed E-state index contributed by atoms with van der Waals surface area (Å²) < 4.78 is 0. The van der Waals surface area contributed by atoms with E-state index in [1.807, 2.05) is 12.1 Å². The second-order valence-corrected chi connectivity index (χ2v) is 5.19. The van der Waals surface area contributed by atoms with Gasteiger partial charge in [-0.1, -0.05) is 6.07 Å². The number of nitrogens with one attached hydrogen (secondary N) is 4. The summed E-state index contributed by atoms with van der Waals surface area (Å²) in [6.45, 7) is 3.03. The molecule has 1 aliphatic rings. The fraction of sp³-hybridized carbons (Fsp3) is 0.500. The van der Waals surface area contributed by atoms with Gasteiger partial charge in [0, 0.05) is 19.1 Å². The topological polar surface area (TPSA) is 72.7 Å². The molecule has 0 unspecified atom stereocenters. The highest BCUT2D eigenvalue weighted by atomic mass is 16.1. The normalized spacial score (nSPS) is 15.2. The van der Waals surface area contributed by atoms with Crippen LogP contribution in [0.4, 0.5) is 0 Å². The molecule has 3 rings (SSSR count). The standard InChI is InChI=1S/C14H20N4O/c19-14-17-12-4-1-10(9-13(12)18-14)5-6-15-7-8-16-11-2-3-11/h1,4,9,11,15-16H,2-3,5-8H2,(H2,17,18,19). The molecule has 19 heavy (non-hydrogen) atoms. The minimum Gasteiger partial charge on any atom is -0.315 e. The fourth-order valence-corrected chi connectivity index (χ4v) is 2.25. The summed E-state index contributed by atoms with van der Waals surface area (Å²) in [7, 11) is 0. The van der Waals surface area contributed by atoms with Crippen LogP contribution in [0.5, 0.6) is 0 Å². The van der Waals surface area contributed by atoms with Crippen molar-refractivity contribution in [2.24, 2.45) is 0 Å². The lowest BCUT2D eigenvalue weighted by atomic mass is 10.1. The number of hydrogen-bond donors (Lipinski definition) is 4. The molecular weight excluding hydrogens is 240 g/mol. The van der Waals surface area contributed by atoms with Gasteiger partial charge < -0.3 is 20.6 Å². The van der Waals surface area contributed by atoms with Crippen molar-refractivity contribution in [2.75, 3.05) is 19.6 Å². The molecule has 2 aromatic rings. The lowest BCUT2D eigenvalue weighted by Gasteiger charge is -2.06. The van der Waals surface area contributed by atoms with E-state index in [0.29, 0.717) is 0 Å². The molecule has 0 atom stereocenters. The van der Waals surface area contributed by atoms with E-state index < -0.39 is 0 Å². The first kappa shape index (κ1) is 12.4. The van der Waals surface area contributed by atoms with E-state index in [1.165, 1.54) is 18.4 Å². The van der Waals surface area contributed by atoms with Gasteiger partial charge in [-0.2, -0.15) is 0 Å². The highest BCUT2D eigenvalue weighted by Gasteiger charge is 2.19. The van der Waals surface area contributed by atoms with Gasteiger partial charge in [0.25, 0.3) is 0 Å². The van der Waals surface area contributed by atoms with Gasteiger partial charge in [0.05, 0.1) is 11.0 Å². The zero-order valence-electron chi connectivity index (χ0n) is 11.0. The van der Waals surface area contributed by atoms with Crippen molar-refractivity contribution in [1.29, 1.82) is 0 Å². The van der Waals surface area contributed by atoms with E-state index in [4.69, 9.17) is 0 Å². The summed E-state index contributed by atoms with van der Waals surface area (Å²) in [5.74, 6) is 0. The van der Waals surface area contributed by atoms with Gasteiger partial charge in [-0.05, 0) is 43.5 Å². The van der Waals surface area contributed by atoms with E-state index in [9.17, 15) is 4.79 Å². The maximum atomic E-state index is 11.2. The van der Waals surface area contributed by atoms with Crippen LogP contribution in [0.1, 0.15) is 18.4 Å². The number of aromatic nitrogens is 2. The Labute approximate surface area is 111 Å². The van der Waals surface area contributed by atoms with Crippen LogP contribution in [0.25, 0.3) is 11.0 Å². The number of rotatable bonds is 7. The Morgan fingerprint density at radius 3 is 2.79 bits per heavy atom. The first-order valence-corrected chi connectivity index (χ1v) is 6.96. The van der Waals surface area contributed by atoms with Crippen LogP contribution in [0.2, 0.25) is 0 Å². The van der Waals surface area contributed by atoms with Crippen LogP contribution in [-0.2, 0) is 6.42 Å². The molecular formula is C14H20N4O. The molecule has 1 saturated carbocycles. The number of fused-ring (bicyclic) bond motifs is 1. The second kappa shape index (κ2) is 5.59. The number of imidazole rings is 1. The van der Waals surface area contributed by atoms with Gasteiger partial charge in [0.15, 0.2) is 0 Å². The summed E-state index contributed by atoms with van der Waals surface area (Å²) in [5.41, 5.74) is 2.86. The molecule has 1 fully saturated rings. The fourth-order valence-electron chi connectivity index (χ4n) is 2.25.